The number of hydrogen-bond acceptors (Lipinski definition) is 2. The van der Waals surface area contributed by atoms with Gasteiger partial charge in [0.25, 0.3) is 0 Å². The summed E-state index contributed by atoms with van der Waals surface area (Å²) in [6.07, 6.45) is 11.4. The topological polar surface area (TPSA) is 15.3 Å². The van der Waals surface area contributed by atoms with Crippen LogP contribution in [0.1, 0.15) is 65.2 Å². The van der Waals surface area contributed by atoms with Gasteiger partial charge in [0.05, 0.1) is 0 Å². The van der Waals surface area contributed by atoms with E-state index < -0.39 is 0 Å². The van der Waals surface area contributed by atoms with Crippen LogP contribution in [0.3, 0.4) is 0 Å². The smallest absolute Gasteiger partial charge is 0.0192 e. The third-order valence-corrected chi connectivity index (χ3v) is 5.08. The minimum atomic E-state index is 0.729. The molecule has 1 aliphatic heterocycles. The van der Waals surface area contributed by atoms with Crippen LogP contribution in [0.15, 0.2) is 0 Å². The normalized spacial score (nSPS) is 32.3. The Hall–Kier alpha value is -0.0800. The van der Waals surface area contributed by atoms with Crippen LogP contribution in [0.4, 0.5) is 0 Å². The van der Waals surface area contributed by atoms with Crippen LogP contribution in [-0.4, -0.2) is 36.6 Å². The zero-order valence-corrected chi connectivity index (χ0v) is 12.5. The highest BCUT2D eigenvalue weighted by Gasteiger charge is 2.22. The number of nitrogens with zero attached hydrogens (tertiary/aromatic N) is 1. The lowest BCUT2D eigenvalue weighted by Crippen LogP contribution is -2.46. The third-order valence-electron chi connectivity index (χ3n) is 5.08. The highest BCUT2D eigenvalue weighted by atomic mass is 15.2. The maximum Gasteiger partial charge on any atom is 0.0192 e. The van der Waals surface area contributed by atoms with Gasteiger partial charge in [0, 0.05) is 18.6 Å². The first-order valence-corrected chi connectivity index (χ1v) is 8.27. The molecule has 1 N–H and O–H groups in total. The van der Waals surface area contributed by atoms with E-state index in [4.69, 9.17) is 0 Å². The van der Waals surface area contributed by atoms with E-state index >= 15 is 0 Å². The third kappa shape index (κ3) is 4.24. The number of piperidine rings is 1. The van der Waals surface area contributed by atoms with Crippen LogP contribution in [-0.2, 0) is 0 Å². The number of likely N-dealkylation sites (tertiary alicyclic amines) is 1. The quantitative estimate of drug-likeness (QED) is 0.806. The molecule has 0 aromatic carbocycles. The van der Waals surface area contributed by atoms with E-state index in [1.54, 1.807) is 0 Å². The fourth-order valence-corrected chi connectivity index (χ4v) is 3.67. The first-order valence-electron chi connectivity index (χ1n) is 8.27. The molecule has 2 heteroatoms. The van der Waals surface area contributed by atoms with Crippen LogP contribution < -0.4 is 5.32 Å². The van der Waals surface area contributed by atoms with Crippen molar-refractivity contribution in [3.05, 3.63) is 0 Å². The zero-order chi connectivity index (χ0) is 12.8. The van der Waals surface area contributed by atoms with Crippen LogP contribution >= 0.6 is 0 Å². The summed E-state index contributed by atoms with van der Waals surface area (Å²) in [4.78, 5) is 2.68. The lowest BCUT2D eigenvalue weighted by molar-refractivity contribution is 0.162. The molecule has 106 valence electrons. The summed E-state index contributed by atoms with van der Waals surface area (Å²) in [5.41, 5.74) is 0. The number of nitrogens with one attached hydrogen (secondary N) is 1. The van der Waals surface area contributed by atoms with Crippen molar-refractivity contribution in [1.82, 2.24) is 10.2 Å². The highest BCUT2D eigenvalue weighted by Crippen LogP contribution is 2.26. The van der Waals surface area contributed by atoms with Crippen molar-refractivity contribution in [2.75, 3.05) is 19.6 Å². The molecule has 0 aromatic rings. The van der Waals surface area contributed by atoms with Gasteiger partial charge in [-0.05, 0) is 51.6 Å². The van der Waals surface area contributed by atoms with Gasteiger partial charge in [-0.2, -0.15) is 0 Å². The van der Waals surface area contributed by atoms with Gasteiger partial charge in [0.1, 0.15) is 0 Å². The van der Waals surface area contributed by atoms with Crippen LogP contribution in [0.25, 0.3) is 0 Å². The van der Waals surface area contributed by atoms with Crippen molar-refractivity contribution in [2.24, 2.45) is 5.92 Å². The van der Waals surface area contributed by atoms with Gasteiger partial charge in [-0.15, -0.1) is 0 Å². The Morgan fingerprint density at radius 2 is 1.89 bits per heavy atom. The van der Waals surface area contributed by atoms with E-state index in [0.29, 0.717) is 0 Å². The molecule has 1 aliphatic carbocycles. The van der Waals surface area contributed by atoms with Crippen LogP contribution in [0.2, 0.25) is 0 Å². The predicted molar refractivity (Wildman–Crippen MR) is 78.9 cm³/mol. The van der Waals surface area contributed by atoms with Crippen LogP contribution in [0.5, 0.6) is 0 Å². The molecule has 2 fully saturated rings. The lowest BCUT2D eigenvalue weighted by Gasteiger charge is -2.35. The van der Waals surface area contributed by atoms with E-state index in [1.165, 1.54) is 71.0 Å². The summed E-state index contributed by atoms with van der Waals surface area (Å²) in [6.45, 7) is 8.60. The standard InChI is InChI=1S/C16H32N2/c1-3-15-8-7-9-16(12-15)17-13-14(2)18-10-5-4-6-11-18/h14-17H,3-13H2,1-2H3. The van der Waals surface area contributed by atoms with E-state index in [-0.39, 0.29) is 0 Å². The van der Waals surface area contributed by atoms with Gasteiger partial charge in [-0.1, -0.05) is 32.6 Å². The molecule has 0 amide bonds. The van der Waals surface area contributed by atoms with Crippen molar-refractivity contribution in [1.29, 1.82) is 0 Å². The highest BCUT2D eigenvalue weighted by molar-refractivity contribution is 4.80. The lowest BCUT2D eigenvalue weighted by atomic mass is 9.84. The molecule has 3 atom stereocenters. The Morgan fingerprint density at radius 1 is 1.11 bits per heavy atom. The SMILES string of the molecule is CCC1CCCC(NCC(C)N2CCCCC2)C1. The zero-order valence-electron chi connectivity index (χ0n) is 12.5. The first-order chi connectivity index (χ1) is 8.79. The molecule has 2 nitrogen and oxygen atoms in total. The molecule has 0 aromatic heterocycles. The molecule has 0 bridgehead atoms. The summed E-state index contributed by atoms with van der Waals surface area (Å²) < 4.78 is 0. The summed E-state index contributed by atoms with van der Waals surface area (Å²) in [6, 6.07) is 1.53. The first kappa shape index (κ1) is 14.3. The summed E-state index contributed by atoms with van der Waals surface area (Å²) >= 11 is 0. The molecule has 0 spiro atoms. The van der Waals surface area contributed by atoms with Gasteiger partial charge >= 0.3 is 0 Å². The van der Waals surface area contributed by atoms with Crippen molar-refractivity contribution < 1.29 is 0 Å². The van der Waals surface area contributed by atoms with Crippen molar-refractivity contribution >= 4 is 0 Å². The number of rotatable bonds is 5. The minimum absolute atomic E-state index is 0.729. The maximum atomic E-state index is 3.84. The molecule has 2 rings (SSSR count). The Balaban J connectivity index is 1.66. The minimum Gasteiger partial charge on any atom is -0.312 e. The monoisotopic (exact) mass is 252 g/mol. The second-order valence-electron chi connectivity index (χ2n) is 6.49. The van der Waals surface area contributed by atoms with Crippen molar-refractivity contribution in [3.63, 3.8) is 0 Å². The predicted octanol–water partition coefficient (Wildman–Crippen LogP) is 3.42. The molecule has 1 saturated carbocycles. The molecule has 0 radical (unpaired) electrons. The summed E-state index contributed by atoms with van der Waals surface area (Å²) in [5, 5.41) is 3.84. The Labute approximate surface area is 114 Å². The van der Waals surface area contributed by atoms with Gasteiger partial charge in [0.2, 0.25) is 0 Å². The average Bonchev–Trinajstić information content (AvgIpc) is 2.46. The number of hydrogen-bond donors (Lipinski definition) is 1. The molecule has 1 saturated heterocycles. The molecule has 3 unspecified atom stereocenters. The molecule has 1 heterocycles. The van der Waals surface area contributed by atoms with E-state index in [2.05, 4.69) is 24.1 Å². The van der Waals surface area contributed by atoms with E-state index in [1.807, 2.05) is 0 Å². The van der Waals surface area contributed by atoms with E-state index in [0.717, 1.165) is 18.0 Å². The molecular formula is C16H32N2. The largest absolute Gasteiger partial charge is 0.312 e. The van der Waals surface area contributed by atoms with Crippen LogP contribution in [0, 0.1) is 5.92 Å². The van der Waals surface area contributed by atoms with Gasteiger partial charge in [-0.25, -0.2) is 0 Å². The van der Waals surface area contributed by atoms with Gasteiger partial charge in [-0.3, -0.25) is 4.90 Å². The van der Waals surface area contributed by atoms with Crippen molar-refractivity contribution in [2.45, 2.75) is 77.3 Å². The Morgan fingerprint density at radius 3 is 2.61 bits per heavy atom. The molecule has 18 heavy (non-hydrogen) atoms. The van der Waals surface area contributed by atoms with E-state index in [9.17, 15) is 0 Å². The second kappa shape index (κ2) is 7.49. The Bertz CT molecular complexity index is 221. The fourth-order valence-electron chi connectivity index (χ4n) is 3.67. The fraction of sp³-hybridized carbons (Fsp3) is 1.00. The second-order valence-corrected chi connectivity index (χ2v) is 6.49. The average molecular weight is 252 g/mol. The van der Waals surface area contributed by atoms with Gasteiger partial charge in [0.15, 0.2) is 0 Å². The summed E-state index contributed by atoms with van der Waals surface area (Å²) in [5.74, 6) is 0.988. The molecular weight excluding hydrogens is 220 g/mol. The van der Waals surface area contributed by atoms with Crippen molar-refractivity contribution in [3.8, 4) is 0 Å². The summed E-state index contributed by atoms with van der Waals surface area (Å²) in [7, 11) is 0. The Kier molecular flexibility index (Phi) is 5.97. The maximum absolute atomic E-state index is 3.84. The molecule has 2 aliphatic rings. The van der Waals surface area contributed by atoms with Gasteiger partial charge < -0.3 is 5.32 Å².